The summed E-state index contributed by atoms with van der Waals surface area (Å²) in [6.07, 6.45) is 0. The molecule has 1 aliphatic heterocycles. The number of anilines is 2. The maximum atomic E-state index is 6.21. The first kappa shape index (κ1) is 9.87. The molecule has 0 unspecified atom stereocenters. The Bertz CT molecular complexity index is 586. The summed E-state index contributed by atoms with van der Waals surface area (Å²) in [5, 5.41) is 4.99. The molecule has 1 aromatic carbocycles. The number of nitrogens with one attached hydrogen (secondary N) is 1. The zero-order valence-corrected chi connectivity index (χ0v) is 10.2. The Morgan fingerprint density at radius 1 is 1.31 bits per heavy atom. The van der Waals surface area contributed by atoms with Crippen LogP contribution < -0.4 is 5.32 Å². The number of aryl methyl sites for hydroxylation is 1. The van der Waals surface area contributed by atoms with Crippen LogP contribution in [0.3, 0.4) is 0 Å². The van der Waals surface area contributed by atoms with Crippen molar-refractivity contribution < 1.29 is 0 Å². The summed E-state index contributed by atoms with van der Waals surface area (Å²) in [5.41, 5.74) is 2.87. The van der Waals surface area contributed by atoms with Crippen LogP contribution in [0.15, 0.2) is 35.3 Å². The van der Waals surface area contributed by atoms with E-state index in [0.717, 1.165) is 21.9 Å². The van der Waals surface area contributed by atoms with E-state index in [2.05, 4.69) is 23.3 Å². The van der Waals surface area contributed by atoms with Gasteiger partial charge in [0.05, 0.1) is 11.4 Å². The summed E-state index contributed by atoms with van der Waals surface area (Å²) >= 11 is 7.90. The van der Waals surface area contributed by atoms with Crippen molar-refractivity contribution in [2.45, 2.75) is 6.92 Å². The average Bonchev–Trinajstić information content (AvgIpc) is 2.57. The molecule has 0 saturated heterocycles. The fourth-order valence-corrected chi connectivity index (χ4v) is 2.95. The predicted octanol–water partition coefficient (Wildman–Crippen LogP) is 4.43. The highest BCUT2D eigenvalue weighted by Gasteiger charge is 2.16. The van der Waals surface area contributed by atoms with Crippen molar-refractivity contribution in [2.75, 3.05) is 5.32 Å². The smallest absolute Gasteiger partial charge is 0.140 e. The van der Waals surface area contributed by atoms with Crippen LogP contribution in [0.2, 0.25) is 0 Å². The quantitative estimate of drug-likeness (QED) is 0.733. The molecule has 1 aromatic heterocycles. The monoisotopic (exact) mass is 248 g/mol. The molecule has 0 saturated carbocycles. The largest absolute Gasteiger partial charge is 0.345 e. The highest BCUT2D eigenvalue weighted by atomic mass is 35.5. The second-order valence-corrected chi connectivity index (χ2v) is 5.26. The Morgan fingerprint density at radius 2 is 2.12 bits per heavy atom. The molecule has 0 bridgehead atoms. The van der Waals surface area contributed by atoms with Crippen LogP contribution >= 0.6 is 22.9 Å². The molecule has 0 fully saturated rings. The van der Waals surface area contributed by atoms with E-state index in [1.54, 1.807) is 11.3 Å². The Hall–Kier alpha value is -1.32. The number of benzene rings is 1. The van der Waals surface area contributed by atoms with Crippen LogP contribution in [-0.2, 0) is 0 Å². The van der Waals surface area contributed by atoms with Crippen molar-refractivity contribution >= 4 is 44.5 Å². The molecule has 0 spiro atoms. The molecule has 1 N–H and O–H groups in total. The van der Waals surface area contributed by atoms with Gasteiger partial charge in [-0.15, -0.1) is 11.3 Å². The van der Waals surface area contributed by atoms with E-state index in [9.17, 15) is 0 Å². The third-order valence-corrected chi connectivity index (χ3v) is 3.70. The van der Waals surface area contributed by atoms with Crippen molar-refractivity contribution in [3.63, 3.8) is 0 Å². The van der Waals surface area contributed by atoms with Crippen LogP contribution in [0.4, 0.5) is 16.4 Å². The average molecular weight is 249 g/mol. The third-order valence-electron chi connectivity index (χ3n) is 2.45. The molecule has 2 heterocycles. The van der Waals surface area contributed by atoms with Crippen LogP contribution in [-0.4, -0.2) is 5.17 Å². The minimum absolute atomic E-state index is 0.553. The number of nitrogens with zero attached hydrogens (tertiary/aromatic N) is 1. The number of rotatable bonds is 0. The standard InChI is InChI=1S/C12H9ClN2S/c1-7-6-8-11(13)14-9-4-2-3-5-10(9)15-12(8)16-7/h2-6,15H,1H3. The maximum Gasteiger partial charge on any atom is 0.140 e. The van der Waals surface area contributed by atoms with Crippen molar-refractivity contribution in [3.8, 4) is 0 Å². The summed E-state index contributed by atoms with van der Waals surface area (Å²) in [7, 11) is 0. The first-order valence-corrected chi connectivity index (χ1v) is 6.14. The summed E-state index contributed by atoms with van der Waals surface area (Å²) in [5.74, 6) is 0. The first-order chi connectivity index (χ1) is 7.74. The summed E-state index contributed by atoms with van der Waals surface area (Å²) < 4.78 is 0. The molecule has 0 aliphatic carbocycles. The molecular formula is C12H9ClN2S. The molecule has 16 heavy (non-hydrogen) atoms. The Morgan fingerprint density at radius 3 is 3.00 bits per heavy atom. The van der Waals surface area contributed by atoms with E-state index in [4.69, 9.17) is 11.6 Å². The molecule has 0 radical (unpaired) electrons. The van der Waals surface area contributed by atoms with Crippen LogP contribution in [0.5, 0.6) is 0 Å². The molecule has 1 aliphatic rings. The topological polar surface area (TPSA) is 24.4 Å². The lowest BCUT2D eigenvalue weighted by Gasteiger charge is -2.04. The lowest BCUT2D eigenvalue weighted by atomic mass is 10.3. The Labute approximate surface area is 103 Å². The van der Waals surface area contributed by atoms with Crippen LogP contribution in [0.25, 0.3) is 0 Å². The number of para-hydroxylation sites is 2. The highest BCUT2D eigenvalue weighted by Crippen LogP contribution is 2.38. The van der Waals surface area contributed by atoms with E-state index in [1.807, 2.05) is 24.3 Å². The van der Waals surface area contributed by atoms with Crippen molar-refractivity contribution in [1.82, 2.24) is 0 Å². The van der Waals surface area contributed by atoms with Crippen LogP contribution in [0.1, 0.15) is 10.4 Å². The number of aliphatic imine (C=N–C) groups is 1. The molecule has 2 nitrogen and oxygen atoms in total. The fourth-order valence-electron chi connectivity index (χ4n) is 1.73. The lowest BCUT2D eigenvalue weighted by Crippen LogP contribution is -1.90. The van der Waals surface area contributed by atoms with Gasteiger partial charge in [0.15, 0.2) is 0 Å². The second-order valence-electron chi connectivity index (χ2n) is 3.64. The number of halogens is 1. The van der Waals surface area contributed by atoms with E-state index in [-0.39, 0.29) is 0 Å². The molecule has 0 atom stereocenters. The minimum atomic E-state index is 0.553. The van der Waals surface area contributed by atoms with Gasteiger partial charge in [0.2, 0.25) is 0 Å². The number of hydrogen-bond acceptors (Lipinski definition) is 3. The van der Waals surface area contributed by atoms with E-state index < -0.39 is 0 Å². The van der Waals surface area contributed by atoms with E-state index >= 15 is 0 Å². The third kappa shape index (κ3) is 1.52. The summed E-state index contributed by atoms with van der Waals surface area (Å²) in [6, 6.07) is 9.96. The SMILES string of the molecule is Cc1cc2c(s1)Nc1ccccc1N=C2Cl. The predicted molar refractivity (Wildman–Crippen MR) is 70.8 cm³/mol. The van der Waals surface area contributed by atoms with Crippen molar-refractivity contribution in [3.05, 3.63) is 40.8 Å². The lowest BCUT2D eigenvalue weighted by molar-refractivity contribution is 1.52. The minimum Gasteiger partial charge on any atom is -0.345 e. The zero-order chi connectivity index (χ0) is 11.1. The van der Waals surface area contributed by atoms with Gasteiger partial charge in [-0.25, -0.2) is 4.99 Å². The van der Waals surface area contributed by atoms with Gasteiger partial charge in [-0.2, -0.15) is 0 Å². The molecule has 0 amide bonds. The zero-order valence-electron chi connectivity index (χ0n) is 8.62. The summed E-state index contributed by atoms with van der Waals surface area (Å²) in [6.45, 7) is 2.07. The van der Waals surface area contributed by atoms with Crippen molar-refractivity contribution in [2.24, 2.45) is 4.99 Å². The second kappa shape index (κ2) is 3.61. The van der Waals surface area contributed by atoms with Gasteiger partial charge < -0.3 is 5.32 Å². The van der Waals surface area contributed by atoms with Crippen LogP contribution in [0, 0.1) is 6.92 Å². The Balaban J connectivity index is 2.24. The normalized spacial score (nSPS) is 13.2. The van der Waals surface area contributed by atoms with Gasteiger partial charge >= 0.3 is 0 Å². The molecular weight excluding hydrogens is 240 g/mol. The summed E-state index contributed by atoms with van der Waals surface area (Å²) in [4.78, 5) is 5.65. The van der Waals surface area contributed by atoms with Gasteiger partial charge in [-0.3, -0.25) is 0 Å². The van der Waals surface area contributed by atoms with Gasteiger partial charge in [-0.1, -0.05) is 23.7 Å². The molecule has 3 rings (SSSR count). The van der Waals surface area contributed by atoms with E-state index in [1.165, 1.54) is 4.88 Å². The van der Waals surface area contributed by atoms with Crippen molar-refractivity contribution in [1.29, 1.82) is 0 Å². The molecule has 2 aromatic rings. The number of hydrogen-bond donors (Lipinski definition) is 1. The maximum absolute atomic E-state index is 6.21. The molecule has 80 valence electrons. The number of fused-ring (bicyclic) bond motifs is 2. The highest BCUT2D eigenvalue weighted by molar-refractivity contribution is 7.16. The Kier molecular flexibility index (Phi) is 2.23. The van der Waals surface area contributed by atoms with Gasteiger partial charge in [0, 0.05) is 10.4 Å². The van der Waals surface area contributed by atoms with Gasteiger partial charge in [0.25, 0.3) is 0 Å². The number of thiophene rings is 1. The van der Waals surface area contributed by atoms with Gasteiger partial charge in [0.1, 0.15) is 10.2 Å². The first-order valence-electron chi connectivity index (χ1n) is 4.95. The van der Waals surface area contributed by atoms with E-state index in [0.29, 0.717) is 5.17 Å². The molecule has 4 heteroatoms. The van der Waals surface area contributed by atoms with Gasteiger partial charge in [-0.05, 0) is 25.1 Å². The fraction of sp³-hybridized carbons (Fsp3) is 0.0833.